The molecule has 1 N–H and O–H groups in total. The molecule has 0 amide bonds. The number of rotatable bonds is 5. The van der Waals surface area contributed by atoms with Crippen LogP contribution in [0.15, 0.2) is 24.3 Å². The van der Waals surface area contributed by atoms with Gasteiger partial charge in [-0.1, -0.05) is 24.3 Å². The van der Waals surface area contributed by atoms with Crippen LogP contribution in [0.4, 0.5) is 0 Å². The number of hydrogen-bond donors (Lipinski definition) is 1. The zero-order valence-electron chi connectivity index (χ0n) is 12.1. The minimum Gasteiger partial charge on any atom is -0.466 e. The fourth-order valence-corrected chi connectivity index (χ4v) is 2.59. The monoisotopic (exact) mass is 297 g/mol. The third-order valence-electron chi connectivity index (χ3n) is 3.71. The lowest BCUT2D eigenvalue weighted by Crippen LogP contribution is -2.26. The van der Waals surface area contributed by atoms with Gasteiger partial charge in [0.25, 0.3) is 0 Å². The summed E-state index contributed by atoms with van der Waals surface area (Å²) >= 11 is 0. The second-order valence-corrected chi connectivity index (χ2v) is 5.07. The van der Waals surface area contributed by atoms with E-state index in [0.29, 0.717) is 18.9 Å². The zero-order valence-corrected chi connectivity index (χ0v) is 12.9. The van der Waals surface area contributed by atoms with Crippen LogP contribution in [0.2, 0.25) is 0 Å². The van der Waals surface area contributed by atoms with Gasteiger partial charge < -0.3 is 10.1 Å². The molecule has 1 saturated heterocycles. The molecule has 0 saturated carbocycles. The second kappa shape index (κ2) is 8.98. The van der Waals surface area contributed by atoms with E-state index in [1.165, 1.54) is 24.0 Å². The molecule has 3 nitrogen and oxygen atoms in total. The third kappa shape index (κ3) is 5.14. The zero-order chi connectivity index (χ0) is 13.5. The van der Waals surface area contributed by atoms with Crippen molar-refractivity contribution in [3.63, 3.8) is 0 Å². The lowest BCUT2D eigenvalue weighted by Gasteiger charge is -2.23. The standard InChI is InChI=1S/C16H23NO2.ClH/c1-2-19-16(18)8-5-13-3-6-14(7-4-13)15-9-11-17-12-10-15;/h3-4,6-7,15,17H,2,5,8-12H2,1H3;1H. The molecule has 1 aliphatic heterocycles. The quantitative estimate of drug-likeness (QED) is 0.849. The van der Waals surface area contributed by atoms with Crippen LogP contribution in [0.1, 0.15) is 43.2 Å². The molecule has 0 spiro atoms. The SMILES string of the molecule is CCOC(=O)CCc1ccc(C2CCNCC2)cc1.Cl. The number of hydrogen-bond acceptors (Lipinski definition) is 3. The lowest BCUT2D eigenvalue weighted by molar-refractivity contribution is -0.143. The molecule has 0 atom stereocenters. The van der Waals surface area contributed by atoms with Gasteiger partial charge in [-0.3, -0.25) is 4.79 Å². The van der Waals surface area contributed by atoms with Gasteiger partial charge in [-0.05, 0) is 56.3 Å². The van der Waals surface area contributed by atoms with Crippen molar-refractivity contribution < 1.29 is 9.53 Å². The van der Waals surface area contributed by atoms with E-state index in [9.17, 15) is 4.79 Å². The normalized spacial score (nSPS) is 15.4. The van der Waals surface area contributed by atoms with Crippen LogP contribution >= 0.6 is 12.4 Å². The maximum atomic E-state index is 11.3. The predicted molar refractivity (Wildman–Crippen MR) is 83.5 cm³/mol. The van der Waals surface area contributed by atoms with Crippen LogP contribution in [-0.2, 0) is 16.0 Å². The van der Waals surface area contributed by atoms with Crippen LogP contribution in [0.5, 0.6) is 0 Å². The topological polar surface area (TPSA) is 38.3 Å². The van der Waals surface area contributed by atoms with Crippen molar-refractivity contribution in [2.24, 2.45) is 0 Å². The van der Waals surface area contributed by atoms with E-state index in [2.05, 4.69) is 29.6 Å². The highest BCUT2D eigenvalue weighted by Crippen LogP contribution is 2.25. The highest BCUT2D eigenvalue weighted by atomic mass is 35.5. The minimum atomic E-state index is -0.107. The summed E-state index contributed by atoms with van der Waals surface area (Å²) < 4.78 is 4.94. The Morgan fingerprint density at radius 1 is 1.25 bits per heavy atom. The van der Waals surface area contributed by atoms with Gasteiger partial charge in [0.15, 0.2) is 0 Å². The fraction of sp³-hybridized carbons (Fsp3) is 0.562. The van der Waals surface area contributed by atoms with Gasteiger partial charge in [-0.15, -0.1) is 12.4 Å². The maximum absolute atomic E-state index is 11.3. The van der Waals surface area contributed by atoms with E-state index in [4.69, 9.17) is 4.74 Å². The molecule has 0 aliphatic carbocycles. The molecule has 1 aliphatic rings. The first-order valence-electron chi connectivity index (χ1n) is 7.24. The molecule has 20 heavy (non-hydrogen) atoms. The summed E-state index contributed by atoms with van der Waals surface area (Å²) in [5, 5.41) is 3.39. The second-order valence-electron chi connectivity index (χ2n) is 5.07. The molecule has 2 rings (SSSR count). The molecule has 0 unspecified atom stereocenters. The van der Waals surface area contributed by atoms with Gasteiger partial charge >= 0.3 is 5.97 Å². The first-order valence-corrected chi connectivity index (χ1v) is 7.24. The third-order valence-corrected chi connectivity index (χ3v) is 3.71. The van der Waals surface area contributed by atoms with Gasteiger partial charge in [0.05, 0.1) is 6.61 Å². The molecular weight excluding hydrogens is 274 g/mol. The summed E-state index contributed by atoms with van der Waals surface area (Å²) in [6.45, 7) is 4.55. The number of nitrogens with one attached hydrogen (secondary N) is 1. The average Bonchev–Trinajstić information content (AvgIpc) is 2.47. The summed E-state index contributed by atoms with van der Waals surface area (Å²) in [6.07, 6.45) is 3.69. The molecule has 112 valence electrons. The number of carbonyl (C=O) groups excluding carboxylic acids is 1. The Hall–Kier alpha value is -1.06. The molecule has 1 aromatic carbocycles. The summed E-state index contributed by atoms with van der Waals surface area (Å²) in [5.74, 6) is 0.588. The summed E-state index contributed by atoms with van der Waals surface area (Å²) in [7, 11) is 0. The van der Waals surface area contributed by atoms with Gasteiger partial charge in [0.2, 0.25) is 0 Å². The van der Waals surface area contributed by atoms with Crippen molar-refractivity contribution in [2.45, 2.75) is 38.5 Å². The number of ether oxygens (including phenoxy) is 1. The molecule has 0 aromatic heterocycles. The molecule has 0 bridgehead atoms. The van der Waals surface area contributed by atoms with Gasteiger partial charge in [0.1, 0.15) is 0 Å². The number of piperidine rings is 1. The van der Waals surface area contributed by atoms with Gasteiger partial charge in [0, 0.05) is 6.42 Å². The average molecular weight is 298 g/mol. The lowest BCUT2D eigenvalue weighted by atomic mass is 9.89. The van der Waals surface area contributed by atoms with E-state index in [-0.39, 0.29) is 18.4 Å². The van der Waals surface area contributed by atoms with Crippen LogP contribution in [0, 0.1) is 0 Å². The highest BCUT2D eigenvalue weighted by Gasteiger charge is 2.14. The Labute approximate surface area is 127 Å². The van der Waals surface area contributed by atoms with E-state index in [1.807, 2.05) is 6.92 Å². The van der Waals surface area contributed by atoms with Crippen LogP contribution in [-0.4, -0.2) is 25.7 Å². The number of esters is 1. The first-order chi connectivity index (χ1) is 9.29. The van der Waals surface area contributed by atoms with E-state index >= 15 is 0 Å². The minimum absolute atomic E-state index is 0. The van der Waals surface area contributed by atoms with Crippen molar-refractivity contribution in [3.8, 4) is 0 Å². The fourth-order valence-electron chi connectivity index (χ4n) is 2.59. The number of carbonyl (C=O) groups is 1. The number of halogens is 1. The van der Waals surface area contributed by atoms with Crippen molar-refractivity contribution in [1.82, 2.24) is 5.32 Å². The Kier molecular flexibility index (Phi) is 7.63. The molecule has 1 aromatic rings. The smallest absolute Gasteiger partial charge is 0.306 e. The first kappa shape index (κ1) is 17.0. The van der Waals surface area contributed by atoms with Crippen LogP contribution in [0.3, 0.4) is 0 Å². The Morgan fingerprint density at radius 2 is 1.90 bits per heavy atom. The summed E-state index contributed by atoms with van der Waals surface area (Å²) in [5.41, 5.74) is 2.65. The van der Waals surface area contributed by atoms with Crippen molar-refractivity contribution >= 4 is 18.4 Å². The highest BCUT2D eigenvalue weighted by molar-refractivity contribution is 5.85. The summed E-state index contributed by atoms with van der Waals surface area (Å²) in [4.78, 5) is 11.3. The molecule has 0 radical (unpaired) electrons. The van der Waals surface area contributed by atoms with Crippen molar-refractivity contribution in [1.29, 1.82) is 0 Å². The van der Waals surface area contributed by atoms with Gasteiger partial charge in [-0.25, -0.2) is 0 Å². The Morgan fingerprint density at radius 3 is 2.50 bits per heavy atom. The summed E-state index contributed by atoms with van der Waals surface area (Å²) in [6, 6.07) is 8.74. The van der Waals surface area contributed by atoms with Crippen LogP contribution < -0.4 is 5.32 Å². The molecule has 4 heteroatoms. The Bertz CT molecular complexity index is 399. The molecule has 1 fully saturated rings. The van der Waals surface area contributed by atoms with E-state index < -0.39 is 0 Å². The Balaban J connectivity index is 0.00000200. The van der Waals surface area contributed by atoms with Crippen LogP contribution in [0.25, 0.3) is 0 Å². The van der Waals surface area contributed by atoms with Crippen molar-refractivity contribution in [3.05, 3.63) is 35.4 Å². The molecular formula is C16H24ClNO2. The van der Waals surface area contributed by atoms with Crippen molar-refractivity contribution in [2.75, 3.05) is 19.7 Å². The van der Waals surface area contributed by atoms with Gasteiger partial charge in [-0.2, -0.15) is 0 Å². The number of aryl methyl sites for hydroxylation is 1. The maximum Gasteiger partial charge on any atom is 0.306 e. The number of benzene rings is 1. The molecule has 1 heterocycles. The van der Waals surface area contributed by atoms with E-state index in [1.54, 1.807) is 0 Å². The van der Waals surface area contributed by atoms with E-state index in [0.717, 1.165) is 19.5 Å². The largest absolute Gasteiger partial charge is 0.466 e. The predicted octanol–water partition coefficient (Wildman–Crippen LogP) is 3.07.